The van der Waals surface area contributed by atoms with Crippen molar-refractivity contribution in [2.75, 3.05) is 0 Å². The lowest BCUT2D eigenvalue weighted by Gasteiger charge is -2.23. The maximum atomic E-state index is 6.40. The second-order valence-electron chi connectivity index (χ2n) is 4.80. The summed E-state index contributed by atoms with van der Waals surface area (Å²) in [7, 11) is 0. The Kier molecular flexibility index (Phi) is 5.11. The van der Waals surface area contributed by atoms with E-state index >= 15 is 0 Å². The number of hydrogen-bond donors (Lipinski definition) is 1. The zero-order valence-electron chi connectivity index (χ0n) is 11.1. The fraction of sp³-hybridized carbons (Fsp3) is 0.312. The van der Waals surface area contributed by atoms with Crippen molar-refractivity contribution in [3.8, 4) is 0 Å². The number of nitrogens with zero attached hydrogens (tertiary/aromatic N) is 1. The fourth-order valence-corrected chi connectivity index (χ4v) is 2.88. The molecule has 100 valence electrons. The Balaban J connectivity index is 2.11. The van der Waals surface area contributed by atoms with Gasteiger partial charge in [-0.05, 0) is 51.9 Å². The first kappa shape index (κ1) is 14.2. The third-order valence-corrected chi connectivity index (χ3v) is 3.85. The van der Waals surface area contributed by atoms with Gasteiger partial charge in [-0.3, -0.25) is 4.98 Å². The fourth-order valence-electron chi connectivity index (χ4n) is 2.47. The Hall–Kier alpha value is -1.19. The van der Waals surface area contributed by atoms with E-state index in [4.69, 9.17) is 5.73 Å². The van der Waals surface area contributed by atoms with Gasteiger partial charge in [0, 0.05) is 22.9 Å². The predicted octanol–water partition coefficient (Wildman–Crippen LogP) is 3.91. The molecule has 19 heavy (non-hydrogen) atoms. The van der Waals surface area contributed by atoms with Crippen LogP contribution < -0.4 is 5.73 Å². The molecule has 0 amide bonds. The molecule has 0 aliphatic carbocycles. The standard InChI is InChI=1S/C16H19BrN2/c1-2-15(13-6-4-3-5-7-13)16(18)9-12-8-14(17)11-19-10-12/h3-8,10-11,15-16H,2,9,18H2,1H3. The first-order valence-corrected chi connectivity index (χ1v) is 7.40. The summed E-state index contributed by atoms with van der Waals surface area (Å²) < 4.78 is 1.00. The topological polar surface area (TPSA) is 38.9 Å². The van der Waals surface area contributed by atoms with Crippen LogP contribution in [-0.2, 0) is 6.42 Å². The number of aromatic nitrogens is 1. The average Bonchev–Trinajstić information content (AvgIpc) is 2.41. The molecule has 1 heterocycles. The molecule has 3 heteroatoms. The molecule has 2 atom stereocenters. The summed E-state index contributed by atoms with van der Waals surface area (Å²) in [6, 6.07) is 12.7. The van der Waals surface area contributed by atoms with Crippen LogP contribution in [0.5, 0.6) is 0 Å². The lowest BCUT2D eigenvalue weighted by Crippen LogP contribution is -2.30. The Morgan fingerprint density at radius 1 is 1.21 bits per heavy atom. The van der Waals surface area contributed by atoms with E-state index in [1.165, 1.54) is 11.1 Å². The molecule has 0 aliphatic rings. The number of hydrogen-bond acceptors (Lipinski definition) is 2. The van der Waals surface area contributed by atoms with Crippen molar-refractivity contribution in [3.63, 3.8) is 0 Å². The summed E-state index contributed by atoms with van der Waals surface area (Å²) in [6.45, 7) is 2.19. The minimum Gasteiger partial charge on any atom is -0.327 e. The second kappa shape index (κ2) is 6.83. The molecule has 2 N–H and O–H groups in total. The van der Waals surface area contributed by atoms with Crippen molar-refractivity contribution in [3.05, 3.63) is 64.4 Å². The van der Waals surface area contributed by atoms with E-state index in [1.54, 1.807) is 6.20 Å². The van der Waals surface area contributed by atoms with Gasteiger partial charge in [0.15, 0.2) is 0 Å². The number of nitrogens with two attached hydrogens (primary N) is 1. The smallest absolute Gasteiger partial charge is 0.0410 e. The Labute approximate surface area is 123 Å². The van der Waals surface area contributed by atoms with Crippen LogP contribution in [0.25, 0.3) is 0 Å². The van der Waals surface area contributed by atoms with Crippen LogP contribution in [0.15, 0.2) is 53.3 Å². The van der Waals surface area contributed by atoms with Gasteiger partial charge in [0.1, 0.15) is 0 Å². The van der Waals surface area contributed by atoms with Crippen molar-refractivity contribution in [1.82, 2.24) is 4.98 Å². The van der Waals surface area contributed by atoms with Crippen LogP contribution >= 0.6 is 15.9 Å². The van der Waals surface area contributed by atoms with E-state index in [2.05, 4.69) is 58.2 Å². The molecular formula is C16H19BrN2. The van der Waals surface area contributed by atoms with Crippen LogP contribution in [-0.4, -0.2) is 11.0 Å². The first-order valence-electron chi connectivity index (χ1n) is 6.60. The Morgan fingerprint density at radius 2 is 1.95 bits per heavy atom. The molecule has 0 saturated carbocycles. The minimum absolute atomic E-state index is 0.114. The van der Waals surface area contributed by atoms with Crippen molar-refractivity contribution < 1.29 is 0 Å². The maximum absolute atomic E-state index is 6.40. The maximum Gasteiger partial charge on any atom is 0.0410 e. The largest absolute Gasteiger partial charge is 0.327 e. The average molecular weight is 319 g/mol. The van der Waals surface area contributed by atoms with Crippen molar-refractivity contribution in [2.24, 2.45) is 5.73 Å². The van der Waals surface area contributed by atoms with Gasteiger partial charge in [0.05, 0.1) is 0 Å². The highest BCUT2D eigenvalue weighted by Crippen LogP contribution is 2.24. The lowest BCUT2D eigenvalue weighted by atomic mass is 9.86. The monoisotopic (exact) mass is 318 g/mol. The highest BCUT2D eigenvalue weighted by molar-refractivity contribution is 9.10. The van der Waals surface area contributed by atoms with Gasteiger partial charge < -0.3 is 5.73 Å². The van der Waals surface area contributed by atoms with E-state index in [9.17, 15) is 0 Å². The molecule has 2 nitrogen and oxygen atoms in total. The van der Waals surface area contributed by atoms with Crippen molar-refractivity contribution >= 4 is 15.9 Å². The van der Waals surface area contributed by atoms with Crippen molar-refractivity contribution in [1.29, 1.82) is 0 Å². The van der Waals surface area contributed by atoms with Crippen LogP contribution in [0.2, 0.25) is 0 Å². The van der Waals surface area contributed by atoms with Crippen LogP contribution in [0.1, 0.15) is 30.4 Å². The number of rotatable bonds is 5. The molecule has 0 radical (unpaired) electrons. The van der Waals surface area contributed by atoms with Crippen LogP contribution in [0.4, 0.5) is 0 Å². The van der Waals surface area contributed by atoms with E-state index in [0.29, 0.717) is 5.92 Å². The zero-order valence-corrected chi connectivity index (χ0v) is 12.7. The second-order valence-corrected chi connectivity index (χ2v) is 5.72. The summed E-state index contributed by atoms with van der Waals surface area (Å²) in [4.78, 5) is 4.19. The molecule has 0 saturated heterocycles. The molecule has 1 aromatic heterocycles. The number of benzene rings is 1. The van der Waals surface area contributed by atoms with Gasteiger partial charge in [-0.1, -0.05) is 37.3 Å². The van der Waals surface area contributed by atoms with E-state index in [0.717, 1.165) is 17.3 Å². The van der Waals surface area contributed by atoms with Gasteiger partial charge in [0.2, 0.25) is 0 Å². The third-order valence-electron chi connectivity index (χ3n) is 3.42. The molecular weight excluding hydrogens is 300 g/mol. The van der Waals surface area contributed by atoms with Gasteiger partial charge in [0.25, 0.3) is 0 Å². The van der Waals surface area contributed by atoms with E-state index in [-0.39, 0.29) is 6.04 Å². The summed E-state index contributed by atoms with van der Waals surface area (Å²) in [6.07, 6.45) is 5.58. The zero-order chi connectivity index (χ0) is 13.7. The van der Waals surface area contributed by atoms with Gasteiger partial charge in [-0.15, -0.1) is 0 Å². The highest BCUT2D eigenvalue weighted by atomic mass is 79.9. The Bertz CT molecular complexity index is 513. The SMILES string of the molecule is CCC(c1ccccc1)C(N)Cc1cncc(Br)c1. The van der Waals surface area contributed by atoms with Crippen LogP contribution in [0.3, 0.4) is 0 Å². The summed E-state index contributed by atoms with van der Waals surface area (Å²) >= 11 is 3.45. The van der Waals surface area contributed by atoms with Gasteiger partial charge in [-0.2, -0.15) is 0 Å². The van der Waals surface area contributed by atoms with E-state index < -0.39 is 0 Å². The molecule has 0 bridgehead atoms. The first-order chi connectivity index (χ1) is 9.20. The molecule has 2 rings (SSSR count). The molecule has 1 aromatic carbocycles. The third kappa shape index (κ3) is 3.88. The minimum atomic E-state index is 0.114. The molecule has 0 fully saturated rings. The van der Waals surface area contributed by atoms with E-state index in [1.807, 2.05) is 12.3 Å². The lowest BCUT2D eigenvalue weighted by molar-refractivity contribution is 0.514. The van der Waals surface area contributed by atoms with Crippen molar-refractivity contribution in [2.45, 2.75) is 31.7 Å². The molecule has 2 aromatic rings. The quantitative estimate of drug-likeness (QED) is 0.907. The number of halogens is 1. The summed E-state index contributed by atoms with van der Waals surface area (Å²) in [5.41, 5.74) is 8.90. The molecule has 0 aliphatic heterocycles. The highest BCUT2D eigenvalue weighted by Gasteiger charge is 2.18. The summed E-state index contributed by atoms with van der Waals surface area (Å²) in [5, 5.41) is 0. The normalized spacial score (nSPS) is 14.1. The summed E-state index contributed by atoms with van der Waals surface area (Å²) in [5.74, 6) is 0.389. The molecule has 2 unspecified atom stereocenters. The van der Waals surface area contributed by atoms with Gasteiger partial charge >= 0.3 is 0 Å². The predicted molar refractivity (Wildman–Crippen MR) is 83.1 cm³/mol. The molecule has 0 spiro atoms. The number of pyridine rings is 1. The van der Waals surface area contributed by atoms with Gasteiger partial charge in [-0.25, -0.2) is 0 Å². The Morgan fingerprint density at radius 3 is 2.58 bits per heavy atom. The van der Waals surface area contributed by atoms with Crippen LogP contribution in [0, 0.1) is 0 Å².